The van der Waals surface area contributed by atoms with Crippen LogP contribution in [0.5, 0.6) is 0 Å². The molecule has 17 heavy (non-hydrogen) atoms. The number of carboxylic acid groups (broad SMARTS) is 1. The molecule has 0 amide bonds. The highest BCUT2D eigenvalue weighted by Gasteiger charge is 2.35. The van der Waals surface area contributed by atoms with Gasteiger partial charge in [0.1, 0.15) is 5.82 Å². The number of rotatable bonds is 4. The van der Waals surface area contributed by atoms with Crippen LogP contribution in [-0.2, 0) is 16.9 Å². The molecular weight excluding hydrogens is 244 g/mol. The lowest BCUT2D eigenvalue weighted by molar-refractivity contribution is 0.0686. The van der Waals surface area contributed by atoms with E-state index in [-0.39, 0.29) is 22.4 Å². The first-order chi connectivity index (χ1) is 7.88. The molecule has 1 aliphatic rings. The molecule has 0 bridgehead atoms. The van der Waals surface area contributed by atoms with Gasteiger partial charge in [0.2, 0.25) is 0 Å². The van der Waals surface area contributed by atoms with E-state index >= 15 is 0 Å². The van der Waals surface area contributed by atoms with E-state index in [1.807, 2.05) is 0 Å². The molecule has 2 rings (SSSR count). The molecule has 1 aliphatic carbocycles. The van der Waals surface area contributed by atoms with E-state index in [0.29, 0.717) is 5.82 Å². The molecule has 0 radical (unpaired) electrons. The Morgan fingerprint density at radius 1 is 1.53 bits per heavy atom. The maximum atomic E-state index is 11.9. The summed E-state index contributed by atoms with van der Waals surface area (Å²) in [5.74, 6) is -0.649. The molecule has 0 saturated heterocycles. The van der Waals surface area contributed by atoms with Crippen molar-refractivity contribution >= 4 is 15.8 Å². The summed E-state index contributed by atoms with van der Waals surface area (Å²) in [5, 5.41) is 8.85. The normalized spacial score (nSPS) is 16.1. The van der Waals surface area contributed by atoms with E-state index in [2.05, 4.69) is 4.98 Å². The highest BCUT2D eigenvalue weighted by atomic mass is 32.2. The van der Waals surface area contributed by atoms with Crippen molar-refractivity contribution in [1.82, 2.24) is 9.55 Å². The Kier molecular flexibility index (Phi) is 2.73. The third-order valence-corrected chi connectivity index (χ3v) is 4.71. The summed E-state index contributed by atoms with van der Waals surface area (Å²) in [5.41, 5.74) is -0.351. The van der Waals surface area contributed by atoms with Crippen molar-refractivity contribution in [2.45, 2.75) is 30.7 Å². The van der Waals surface area contributed by atoms with Gasteiger partial charge in [-0.1, -0.05) is 6.92 Å². The Labute approximate surface area is 99.2 Å². The van der Waals surface area contributed by atoms with Crippen molar-refractivity contribution in [3.63, 3.8) is 0 Å². The number of aromatic carboxylic acids is 1. The molecule has 1 N–H and O–H groups in total. The molecule has 0 aromatic carbocycles. The number of hydrogen-bond acceptors (Lipinski definition) is 4. The van der Waals surface area contributed by atoms with E-state index in [1.54, 1.807) is 7.05 Å². The molecule has 0 unspecified atom stereocenters. The Balaban J connectivity index is 2.67. The molecule has 1 fully saturated rings. The first-order valence-corrected chi connectivity index (χ1v) is 7.06. The van der Waals surface area contributed by atoms with Gasteiger partial charge in [0, 0.05) is 13.0 Å². The summed E-state index contributed by atoms with van der Waals surface area (Å²) in [6.07, 6.45) is 1.88. The van der Waals surface area contributed by atoms with Crippen LogP contribution in [0, 0.1) is 0 Å². The minimum absolute atomic E-state index is 0.128. The van der Waals surface area contributed by atoms with Crippen molar-refractivity contribution < 1.29 is 18.3 Å². The SMILES string of the molecule is CCS(=O)(=O)c1c(C(=O)O)nc(C2CC2)n1C. The zero-order valence-corrected chi connectivity index (χ0v) is 10.5. The van der Waals surface area contributed by atoms with Crippen LogP contribution in [-0.4, -0.2) is 34.8 Å². The predicted octanol–water partition coefficient (Wildman–Crippen LogP) is 0.789. The maximum Gasteiger partial charge on any atom is 0.357 e. The van der Waals surface area contributed by atoms with Crippen molar-refractivity contribution in [3.05, 3.63) is 11.5 Å². The molecule has 1 aromatic heterocycles. The van der Waals surface area contributed by atoms with Gasteiger partial charge in [-0.3, -0.25) is 0 Å². The Morgan fingerprint density at radius 3 is 2.53 bits per heavy atom. The second kappa shape index (κ2) is 3.83. The smallest absolute Gasteiger partial charge is 0.357 e. The van der Waals surface area contributed by atoms with Crippen LogP contribution in [0.25, 0.3) is 0 Å². The largest absolute Gasteiger partial charge is 0.476 e. The quantitative estimate of drug-likeness (QED) is 0.862. The molecule has 0 spiro atoms. The highest BCUT2D eigenvalue weighted by molar-refractivity contribution is 7.91. The monoisotopic (exact) mass is 258 g/mol. The lowest BCUT2D eigenvalue weighted by Crippen LogP contribution is -2.14. The maximum absolute atomic E-state index is 11.9. The fourth-order valence-corrected chi connectivity index (χ4v) is 3.05. The fraction of sp³-hybridized carbons (Fsp3) is 0.600. The Morgan fingerprint density at radius 2 is 2.12 bits per heavy atom. The third-order valence-electron chi connectivity index (χ3n) is 2.90. The molecular formula is C10H14N2O4S. The van der Waals surface area contributed by atoms with Crippen LogP contribution in [0.3, 0.4) is 0 Å². The van der Waals surface area contributed by atoms with Gasteiger partial charge in [-0.05, 0) is 12.8 Å². The highest BCUT2D eigenvalue weighted by Crippen LogP contribution is 2.40. The van der Waals surface area contributed by atoms with E-state index in [0.717, 1.165) is 12.8 Å². The lowest BCUT2D eigenvalue weighted by atomic mass is 10.4. The number of sulfone groups is 1. The molecule has 0 aliphatic heterocycles. The zero-order chi connectivity index (χ0) is 12.8. The molecule has 1 saturated carbocycles. The molecule has 1 heterocycles. The van der Waals surface area contributed by atoms with Gasteiger partial charge < -0.3 is 9.67 Å². The molecule has 0 atom stereocenters. The van der Waals surface area contributed by atoms with Gasteiger partial charge in [0.05, 0.1) is 5.75 Å². The van der Waals surface area contributed by atoms with Crippen molar-refractivity contribution in [2.24, 2.45) is 7.05 Å². The van der Waals surface area contributed by atoms with Crippen LogP contribution in [0.2, 0.25) is 0 Å². The summed E-state index contributed by atoms with van der Waals surface area (Å²) in [7, 11) is -2.00. The molecule has 6 nitrogen and oxygen atoms in total. The van der Waals surface area contributed by atoms with Gasteiger partial charge in [-0.2, -0.15) is 0 Å². The summed E-state index contributed by atoms with van der Waals surface area (Å²) < 4.78 is 25.2. The summed E-state index contributed by atoms with van der Waals surface area (Å²) in [6, 6.07) is 0. The average molecular weight is 258 g/mol. The number of aromatic nitrogens is 2. The van der Waals surface area contributed by atoms with Crippen LogP contribution < -0.4 is 0 Å². The summed E-state index contributed by atoms with van der Waals surface area (Å²) in [4.78, 5) is 15.0. The van der Waals surface area contributed by atoms with Gasteiger partial charge in [0.15, 0.2) is 20.6 Å². The van der Waals surface area contributed by atoms with Crippen LogP contribution in [0.4, 0.5) is 0 Å². The van der Waals surface area contributed by atoms with Gasteiger partial charge in [0.25, 0.3) is 0 Å². The summed E-state index contributed by atoms with van der Waals surface area (Å²) in [6.45, 7) is 1.49. The molecule has 1 aromatic rings. The second-order valence-electron chi connectivity index (χ2n) is 4.17. The number of nitrogens with zero attached hydrogens (tertiary/aromatic N) is 2. The Bertz CT molecular complexity index is 569. The zero-order valence-electron chi connectivity index (χ0n) is 9.67. The van der Waals surface area contributed by atoms with Crippen molar-refractivity contribution in [3.8, 4) is 0 Å². The second-order valence-corrected chi connectivity index (χ2v) is 6.36. The molecule has 94 valence electrons. The number of carboxylic acids is 1. The first-order valence-electron chi connectivity index (χ1n) is 5.41. The minimum atomic E-state index is -3.57. The van der Waals surface area contributed by atoms with E-state index in [4.69, 9.17) is 5.11 Å². The average Bonchev–Trinajstić information content (AvgIpc) is 3.02. The number of carbonyl (C=O) groups is 1. The van der Waals surface area contributed by atoms with Gasteiger partial charge >= 0.3 is 5.97 Å². The lowest BCUT2D eigenvalue weighted by Gasteiger charge is -2.05. The summed E-state index contributed by atoms with van der Waals surface area (Å²) >= 11 is 0. The van der Waals surface area contributed by atoms with Gasteiger partial charge in [-0.15, -0.1) is 0 Å². The predicted molar refractivity (Wildman–Crippen MR) is 59.9 cm³/mol. The fourth-order valence-electron chi connectivity index (χ4n) is 1.84. The topological polar surface area (TPSA) is 89.3 Å². The van der Waals surface area contributed by atoms with Gasteiger partial charge in [-0.25, -0.2) is 18.2 Å². The third kappa shape index (κ3) is 1.95. The first kappa shape index (κ1) is 12.1. The van der Waals surface area contributed by atoms with E-state index in [9.17, 15) is 13.2 Å². The Hall–Kier alpha value is -1.37. The number of hydrogen-bond donors (Lipinski definition) is 1. The van der Waals surface area contributed by atoms with E-state index < -0.39 is 15.8 Å². The van der Waals surface area contributed by atoms with Crippen molar-refractivity contribution in [2.75, 3.05) is 5.75 Å². The molecule has 7 heteroatoms. The number of imidazole rings is 1. The van der Waals surface area contributed by atoms with Crippen LogP contribution >= 0.6 is 0 Å². The standard InChI is InChI=1S/C10H14N2O4S/c1-3-17(15,16)9-7(10(13)14)11-8(12(9)2)6-4-5-6/h6H,3-5H2,1-2H3,(H,13,14). The van der Waals surface area contributed by atoms with Crippen molar-refractivity contribution in [1.29, 1.82) is 0 Å². The van der Waals surface area contributed by atoms with Crippen LogP contribution in [0.1, 0.15) is 42.0 Å². The van der Waals surface area contributed by atoms with Crippen LogP contribution in [0.15, 0.2) is 5.03 Å². The minimum Gasteiger partial charge on any atom is -0.476 e. The van der Waals surface area contributed by atoms with E-state index in [1.165, 1.54) is 11.5 Å².